The normalized spacial score (nSPS) is 4.57. The van der Waals surface area contributed by atoms with E-state index in [-0.39, 0.29) is 0 Å². The van der Waals surface area contributed by atoms with E-state index in [1.807, 2.05) is 20.8 Å². The fraction of sp³-hybridized carbons (Fsp3) is 0.667. The van der Waals surface area contributed by atoms with Crippen molar-refractivity contribution in [2.45, 2.75) is 20.8 Å². The minimum absolute atomic E-state index is 0.750. The highest BCUT2D eigenvalue weighted by Gasteiger charge is 1.32. The molecule has 0 heterocycles. The second-order valence-electron chi connectivity index (χ2n) is 0.908. The fourth-order valence-corrected chi connectivity index (χ4v) is 0. The third kappa shape index (κ3) is 253. The van der Waals surface area contributed by atoms with Gasteiger partial charge in [0, 0.05) is 0 Å². The van der Waals surface area contributed by atoms with E-state index in [1.54, 1.807) is 0 Å². The zero-order chi connectivity index (χ0) is 6.12. The number of hydrogen-bond acceptors (Lipinski definition) is 1. The van der Waals surface area contributed by atoms with Gasteiger partial charge in [-0.05, 0) is 20.4 Å². The van der Waals surface area contributed by atoms with Crippen molar-refractivity contribution in [2.24, 2.45) is 5.73 Å². The molecule has 0 unspecified atom stereocenters. The SMILES string of the molecule is CC#CC.CCN. The molecule has 0 atom stereocenters. The van der Waals surface area contributed by atoms with E-state index in [0.717, 1.165) is 6.54 Å². The summed E-state index contributed by atoms with van der Waals surface area (Å²) in [6.07, 6.45) is 0. The lowest BCUT2D eigenvalue weighted by atomic mass is 10.7. The van der Waals surface area contributed by atoms with Crippen molar-refractivity contribution in [3.63, 3.8) is 0 Å². The van der Waals surface area contributed by atoms with Gasteiger partial charge in [0.1, 0.15) is 0 Å². The maximum atomic E-state index is 4.85. The van der Waals surface area contributed by atoms with E-state index in [9.17, 15) is 0 Å². The van der Waals surface area contributed by atoms with Gasteiger partial charge in [-0.2, -0.15) is 0 Å². The molecule has 2 N–H and O–H groups in total. The third-order valence-electron chi connectivity index (χ3n) is 0.250. The first kappa shape index (κ1) is 9.72. The third-order valence-corrected chi connectivity index (χ3v) is 0.250. The Morgan fingerprint density at radius 2 is 1.43 bits per heavy atom. The second kappa shape index (κ2) is 17.8. The van der Waals surface area contributed by atoms with Crippen LogP contribution in [0.15, 0.2) is 0 Å². The van der Waals surface area contributed by atoms with E-state index in [1.165, 1.54) is 0 Å². The monoisotopic (exact) mass is 99.1 g/mol. The van der Waals surface area contributed by atoms with Crippen LogP contribution in [0, 0.1) is 11.8 Å². The molecule has 0 aromatic rings. The highest BCUT2D eigenvalue weighted by molar-refractivity contribution is 4.89. The molecule has 0 aromatic carbocycles. The predicted molar refractivity (Wildman–Crippen MR) is 33.9 cm³/mol. The summed E-state index contributed by atoms with van der Waals surface area (Å²) < 4.78 is 0. The number of nitrogens with two attached hydrogens (primary N) is 1. The summed E-state index contributed by atoms with van der Waals surface area (Å²) in [5.74, 6) is 5.36. The summed E-state index contributed by atoms with van der Waals surface area (Å²) in [5, 5.41) is 0. The van der Waals surface area contributed by atoms with E-state index < -0.39 is 0 Å². The van der Waals surface area contributed by atoms with Gasteiger partial charge in [-0.1, -0.05) is 6.92 Å². The van der Waals surface area contributed by atoms with Crippen LogP contribution in [0.4, 0.5) is 0 Å². The fourth-order valence-electron chi connectivity index (χ4n) is 0. The van der Waals surface area contributed by atoms with Crippen LogP contribution in [0.5, 0.6) is 0 Å². The predicted octanol–water partition coefficient (Wildman–Crippen LogP) is 0.995. The van der Waals surface area contributed by atoms with Crippen LogP contribution in [-0.4, -0.2) is 6.54 Å². The largest absolute Gasteiger partial charge is 0.331 e. The molecule has 0 radical (unpaired) electrons. The van der Waals surface area contributed by atoms with Crippen molar-refractivity contribution in [1.82, 2.24) is 0 Å². The smallest absolute Gasteiger partial charge is 0.00271 e. The average molecular weight is 99.2 g/mol. The van der Waals surface area contributed by atoms with E-state index in [2.05, 4.69) is 11.8 Å². The van der Waals surface area contributed by atoms with Crippen LogP contribution >= 0.6 is 0 Å². The number of hydrogen-bond donors (Lipinski definition) is 1. The van der Waals surface area contributed by atoms with Gasteiger partial charge in [-0.15, -0.1) is 11.8 Å². The Morgan fingerprint density at radius 3 is 1.43 bits per heavy atom. The van der Waals surface area contributed by atoms with Gasteiger partial charge in [0.05, 0.1) is 0 Å². The molecule has 0 rings (SSSR count). The van der Waals surface area contributed by atoms with Gasteiger partial charge in [0.2, 0.25) is 0 Å². The van der Waals surface area contributed by atoms with Crippen LogP contribution in [0.2, 0.25) is 0 Å². The first-order valence-electron chi connectivity index (χ1n) is 2.37. The van der Waals surface area contributed by atoms with Gasteiger partial charge in [0.25, 0.3) is 0 Å². The summed E-state index contributed by atoms with van der Waals surface area (Å²) in [6, 6.07) is 0. The molecule has 0 bridgehead atoms. The summed E-state index contributed by atoms with van der Waals surface area (Å²) in [4.78, 5) is 0. The highest BCUT2D eigenvalue weighted by atomic mass is 14.5. The molecule has 7 heavy (non-hydrogen) atoms. The minimum Gasteiger partial charge on any atom is -0.331 e. The van der Waals surface area contributed by atoms with Crippen molar-refractivity contribution in [3.05, 3.63) is 0 Å². The topological polar surface area (TPSA) is 26.0 Å². The molecule has 0 aliphatic heterocycles. The van der Waals surface area contributed by atoms with Crippen LogP contribution in [0.25, 0.3) is 0 Å². The molecule has 0 saturated heterocycles. The molecule has 0 fully saturated rings. The maximum absolute atomic E-state index is 4.85. The van der Waals surface area contributed by atoms with Crippen molar-refractivity contribution in [3.8, 4) is 11.8 Å². The van der Waals surface area contributed by atoms with Crippen molar-refractivity contribution < 1.29 is 0 Å². The maximum Gasteiger partial charge on any atom is -0.00271 e. The summed E-state index contributed by atoms with van der Waals surface area (Å²) in [6.45, 7) is 6.29. The van der Waals surface area contributed by atoms with E-state index >= 15 is 0 Å². The van der Waals surface area contributed by atoms with Gasteiger partial charge in [-0.3, -0.25) is 0 Å². The molecule has 0 aliphatic rings. The summed E-state index contributed by atoms with van der Waals surface area (Å²) in [5.41, 5.74) is 4.85. The Morgan fingerprint density at radius 1 is 1.29 bits per heavy atom. The van der Waals surface area contributed by atoms with Gasteiger partial charge >= 0.3 is 0 Å². The Balaban J connectivity index is 0. The van der Waals surface area contributed by atoms with Crippen LogP contribution in [-0.2, 0) is 0 Å². The second-order valence-corrected chi connectivity index (χ2v) is 0.908. The van der Waals surface area contributed by atoms with Crippen LogP contribution < -0.4 is 5.73 Å². The highest BCUT2D eigenvalue weighted by Crippen LogP contribution is 1.39. The van der Waals surface area contributed by atoms with Gasteiger partial charge in [0.15, 0.2) is 0 Å². The van der Waals surface area contributed by atoms with Crippen molar-refractivity contribution in [2.75, 3.05) is 6.54 Å². The van der Waals surface area contributed by atoms with Crippen molar-refractivity contribution >= 4 is 0 Å². The molecular formula is C6H13N. The molecule has 1 heteroatoms. The quantitative estimate of drug-likeness (QED) is 0.450. The van der Waals surface area contributed by atoms with Gasteiger partial charge in [-0.25, -0.2) is 0 Å². The molecule has 0 aromatic heterocycles. The molecule has 42 valence electrons. The molecule has 0 saturated carbocycles. The van der Waals surface area contributed by atoms with Crippen LogP contribution in [0.1, 0.15) is 20.8 Å². The Labute approximate surface area is 45.9 Å². The molecule has 0 spiro atoms. The molecule has 1 nitrogen and oxygen atoms in total. The summed E-state index contributed by atoms with van der Waals surface area (Å²) >= 11 is 0. The standard InChI is InChI=1S/C4H6.C2H7N/c1-3-4-2;1-2-3/h1-2H3;2-3H2,1H3. The summed E-state index contributed by atoms with van der Waals surface area (Å²) in [7, 11) is 0. The minimum atomic E-state index is 0.750. The number of rotatable bonds is 0. The molecular weight excluding hydrogens is 86.1 g/mol. The van der Waals surface area contributed by atoms with E-state index in [0.29, 0.717) is 0 Å². The molecule has 0 amide bonds. The first-order valence-corrected chi connectivity index (χ1v) is 2.37. The lowest BCUT2D eigenvalue weighted by Gasteiger charge is -1.53. The van der Waals surface area contributed by atoms with Crippen LogP contribution in [0.3, 0.4) is 0 Å². The van der Waals surface area contributed by atoms with Gasteiger partial charge < -0.3 is 5.73 Å². The lowest BCUT2D eigenvalue weighted by Crippen LogP contribution is -1.87. The van der Waals surface area contributed by atoms with Crippen molar-refractivity contribution in [1.29, 1.82) is 0 Å². The Hall–Kier alpha value is -0.480. The molecule has 0 aliphatic carbocycles. The zero-order valence-corrected chi connectivity index (χ0v) is 5.28. The Kier molecular flexibility index (Phi) is 24.7. The average Bonchev–Trinajstić information content (AvgIpc) is 1.69. The zero-order valence-electron chi connectivity index (χ0n) is 5.28. The Bertz CT molecular complexity index is 50.3. The van der Waals surface area contributed by atoms with E-state index in [4.69, 9.17) is 5.73 Å². The first-order chi connectivity index (χ1) is 3.33. The lowest BCUT2D eigenvalue weighted by molar-refractivity contribution is 1.14.